The molecule has 0 aromatic carbocycles. The minimum absolute atomic E-state index is 0.0941. The van der Waals surface area contributed by atoms with Gasteiger partial charge in [-0.05, 0) is 0 Å². The van der Waals surface area contributed by atoms with Crippen molar-refractivity contribution in [3.8, 4) is 0 Å². The number of ketones is 1. The summed E-state index contributed by atoms with van der Waals surface area (Å²) in [6.07, 6.45) is 3.18. The maximum atomic E-state index is 11.2. The van der Waals surface area contributed by atoms with Crippen LogP contribution in [-0.4, -0.2) is 20.5 Å². The van der Waals surface area contributed by atoms with Gasteiger partial charge in [-0.2, -0.15) is 5.10 Å². The highest BCUT2D eigenvalue weighted by Crippen LogP contribution is 2.31. The van der Waals surface area contributed by atoms with Gasteiger partial charge < -0.3 is 4.74 Å². The highest BCUT2D eigenvalue weighted by atomic mass is 16.6. The lowest BCUT2D eigenvalue weighted by atomic mass is 10.1. The third kappa shape index (κ3) is 1.67. The van der Waals surface area contributed by atoms with Crippen LogP contribution in [0.15, 0.2) is 18.5 Å². The van der Waals surface area contributed by atoms with Gasteiger partial charge in [0.1, 0.15) is 6.20 Å². The van der Waals surface area contributed by atoms with Gasteiger partial charge in [0.15, 0.2) is 17.6 Å². The molecule has 1 atom stereocenters. The van der Waals surface area contributed by atoms with Crippen LogP contribution in [0.5, 0.6) is 0 Å². The number of ether oxygens (including phenoxy) is 1. The van der Waals surface area contributed by atoms with Gasteiger partial charge in [-0.25, -0.2) is 0 Å². The fourth-order valence-corrected chi connectivity index (χ4v) is 1.62. The van der Waals surface area contributed by atoms with Crippen LogP contribution in [0, 0.1) is 10.1 Å². The fourth-order valence-electron chi connectivity index (χ4n) is 1.62. The maximum Gasteiger partial charge on any atom is 0.314 e. The van der Waals surface area contributed by atoms with E-state index in [-0.39, 0.29) is 17.9 Å². The molecule has 0 saturated carbocycles. The van der Waals surface area contributed by atoms with Gasteiger partial charge in [-0.3, -0.25) is 19.6 Å². The number of hydrogen-bond donors (Lipinski definition) is 0. The molecule has 0 radical (unpaired) electrons. The van der Waals surface area contributed by atoms with E-state index in [4.69, 9.17) is 4.74 Å². The van der Waals surface area contributed by atoms with E-state index in [1.54, 1.807) is 7.05 Å². The van der Waals surface area contributed by atoms with E-state index in [1.165, 1.54) is 17.0 Å². The molecule has 0 amide bonds. The molecule has 0 saturated heterocycles. The molecule has 0 aliphatic carbocycles. The van der Waals surface area contributed by atoms with Crippen LogP contribution >= 0.6 is 0 Å². The summed E-state index contributed by atoms with van der Waals surface area (Å²) in [6, 6.07) is 0. The molecule has 1 aliphatic heterocycles. The fraction of sp³-hybridized carbons (Fsp3) is 0.333. The summed E-state index contributed by atoms with van der Waals surface area (Å²) in [4.78, 5) is 21.4. The first-order chi connectivity index (χ1) is 7.59. The molecule has 0 spiro atoms. The van der Waals surface area contributed by atoms with Gasteiger partial charge in [-0.1, -0.05) is 0 Å². The van der Waals surface area contributed by atoms with Crippen molar-refractivity contribution in [1.82, 2.24) is 9.78 Å². The summed E-state index contributed by atoms with van der Waals surface area (Å²) in [7, 11) is 1.58. The largest absolute Gasteiger partial charge is 0.491 e. The first-order valence-corrected chi connectivity index (χ1v) is 4.60. The van der Waals surface area contributed by atoms with Gasteiger partial charge in [0.25, 0.3) is 0 Å². The van der Waals surface area contributed by atoms with Gasteiger partial charge in [0.2, 0.25) is 0 Å². The summed E-state index contributed by atoms with van der Waals surface area (Å²) in [5, 5.41) is 14.6. The van der Waals surface area contributed by atoms with E-state index in [0.29, 0.717) is 5.69 Å². The molecule has 7 heteroatoms. The second-order valence-corrected chi connectivity index (χ2v) is 3.39. The van der Waals surface area contributed by atoms with Crippen molar-refractivity contribution < 1.29 is 14.5 Å². The molecule has 84 valence electrons. The molecule has 0 N–H and O–H groups in total. The first kappa shape index (κ1) is 10.3. The minimum Gasteiger partial charge on any atom is -0.491 e. The van der Waals surface area contributed by atoms with Crippen molar-refractivity contribution in [3.63, 3.8) is 0 Å². The molecule has 2 rings (SSSR count). The number of allylic oxidation sites excluding steroid dienone is 1. The zero-order chi connectivity index (χ0) is 11.7. The molecule has 1 aromatic rings. The average Bonchev–Trinajstić information content (AvgIpc) is 2.60. The normalized spacial score (nSPS) is 19.6. The van der Waals surface area contributed by atoms with Crippen molar-refractivity contribution in [2.75, 3.05) is 0 Å². The predicted molar refractivity (Wildman–Crippen MR) is 52.5 cm³/mol. The summed E-state index contributed by atoms with van der Waals surface area (Å²) >= 11 is 0. The lowest BCUT2D eigenvalue weighted by Crippen LogP contribution is -2.15. The van der Waals surface area contributed by atoms with E-state index in [1.807, 2.05) is 0 Å². The Kier molecular flexibility index (Phi) is 2.43. The number of carbonyl (C=O) groups is 1. The summed E-state index contributed by atoms with van der Waals surface area (Å²) in [5.74, 6) is -0.119. The SMILES string of the molecule is Cn1ncc([N+](=O)[O-])c1C1CC(=O)C=CO1. The first-order valence-electron chi connectivity index (χ1n) is 4.60. The number of hydrogen-bond acceptors (Lipinski definition) is 5. The minimum atomic E-state index is -0.634. The zero-order valence-electron chi connectivity index (χ0n) is 8.49. The Labute approximate surface area is 90.5 Å². The monoisotopic (exact) mass is 223 g/mol. The molecule has 1 aliphatic rings. The van der Waals surface area contributed by atoms with Crippen molar-refractivity contribution in [2.45, 2.75) is 12.5 Å². The third-order valence-corrected chi connectivity index (χ3v) is 2.35. The highest BCUT2D eigenvalue weighted by molar-refractivity contribution is 5.90. The Morgan fingerprint density at radius 2 is 2.44 bits per heavy atom. The number of aryl methyl sites for hydroxylation is 1. The summed E-state index contributed by atoms with van der Waals surface area (Å²) < 4.78 is 6.55. The Hall–Kier alpha value is -2.18. The van der Waals surface area contributed by atoms with E-state index in [2.05, 4.69) is 5.10 Å². The lowest BCUT2D eigenvalue weighted by molar-refractivity contribution is -0.386. The Balaban J connectivity index is 2.39. The van der Waals surface area contributed by atoms with Gasteiger partial charge in [0, 0.05) is 13.1 Å². The molecule has 0 fully saturated rings. The van der Waals surface area contributed by atoms with E-state index in [9.17, 15) is 14.9 Å². The number of nitro groups is 1. The van der Waals surface area contributed by atoms with E-state index >= 15 is 0 Å². The van der Waals surface area contributed by atoms with Crippen LogP contribution < -0.4 is 0 Å². The van der Waals surface area contributed by atoms with Gasteiger partial charge in [0.05, 0.1) is 17.6 Å². The van der Waals surface area contributed by atoms with E-state index in [0.717, 1.165) is 6.20 Å². The summed E-state index contributed by atoms with van der Waals surface area (Å²) in [6.45, 7) is 0. The smallest absolute Gasteiger partial charge is 0.314 e. The van der Waals surface area contributed by atoms with Crippen molar-refractivity contribution in [1.29, 1.82) is 0 Å². The number of nitrogens with zero attached hydrogens (tertiary/aromatic N) is 3. The second-order valence-electron chi connectivity index (χ2n) is 3.39. The molecule has 2 heterocycles. The molecule has 16 heavy (non-hydrogen) atoms. The Morgan fingerprint density at radius 1 is 1.69 bits per heavy atom. The Morgan fingerprint density at radius 3 is 3.06 bits per heavy atom. The predicted octanol–water partition coefficient (Wildman–Crippen LogP) is 0.872. The molecule has 7 nitrogen and oxygen atoms in total. The third-order valence-electron chi connectivity index (χ3n) is 2.35. The Bertz CT molecular complexity index is 477. The van der Waals surface area contributed by atoms with Crippen molar-refractivity contribution in [2.24, 2.45) is 7.05 Å². The van der Waals surface area contributed by atoms with Crippen LogP contribution in [0.3, 0.4) is 0 Å². The van der Waals surface area contributed by atoms with Gasteiger partial charge >= 0.3 is 5.69 Å². The molecule has 1 aromatic heterocycles. The summed E-state index contributed by atoms with van der Waals surface area (Å²) in [5.41, 5.74) is 0.179. The molecule has 1 unspecified atom stereocenters. The second kappa shape index (κ2) is 3.76. The van der Waals surface area contributed by atoms with Crippen LogP contribution in [0.25, 0.3) is 0 Å². The molecule has 0 bridgehead atoms. The van der Waals surface area contributed by atoms with Crippen LogP contribution in [-0.2, 0) is 16.6 Å². The molecular formula is C9H9N3O4. The number of aromatic nitrogens is 2. The lowest BCUT2D eigenvalue weighted by Gasteiger charge is -2.17. The van der Waals surface area contributed by atoms with Crippen molar-refractivity contribution in [3.05, 3.63) is 34.3 Å². The van der Waals surface area contributed by atoms with Crippen LogP contribution in [0.1, 0.15) is 18.2 Å². The van der Waals surface area contributed by atoms with Crippen LogP contribution in [0.2, 0.25) is 0 Å². The number of rotatable bonds is 2. The average molecular weight is 223 g/mol. The van der Waals surface area contributed by atoms with Crippen LogP contribution in [0.4, 0.5) is 5.69 Å². The quantitative estimate of drug-likeness (QED) is 0.548. The zero-order valence-corrected chi connectivity index (χ0v) is 8.49. The standard InChI is InChI=1S/C9H9N3O4/c1-11-9(7(5-10-11)12(14)15)8-4-6(13)2-3-16-8/h2-3,5,8H,4H2,1H3. The highest BCUT2D eigenvalue weighted by Gasteiger charge is 2.30. The van der Waals surface area contributed by atoms with Crippen molar-refractivity contribution >= 4 is 11.5 Å². The molecular weight excluding hydrogens is 214 g/mol. The maximum absolute atomic E-state index is 11.2. The van der Waals surface area contributed by atoms with E-state index < -0.39 is 11.0 Å². The van der Waals surface area contributed by atoms with Gasteiger partial charge in [-0.15, -0.1) is 0 Å². The number of carbonyl (C=O) groups excluding carboxylic acids is 1. The topological polar surface area (TPSA) is 87.3 Å².